The maximum absolute atomic E-state index is 11.6. The van der Waals surface area contributed by atoms with Gasteiger partial charge in [0, 0.05) is 19.0 Å². The zero-order chi connectivity index (χ0) is 13.5. The first-order valence-corrected chi connectivity index (χ1v) is 6.25. The fourth-order valence-electron chi connectivity index (χ4n) is 1.63. The highest BCUT2D eigenvalue weighted by atomic mass is 16.3. The normalized spacial score (nSPS) is 14.0. The molecule has 4 nitrogen and oxygen atoms in total. The van der Waals surface area contributed by atoms with Gasteiger partial charge in [0.05, 0.1) is 6.10 Å². The van der Waals surface area contributed by atoms with Gasteiger partial charge in [-0.2, -0.15) is 0 Å². The first-order valence-electron chi connectivity index (χ1n) is 6.25. The summed E-state index contributed by atoms with van der Waals surface area (Å²) in [6.45, 7) is 3.96. The van der Waals surface area contributed by atoms with Crippen LogP contribution in [-0.2, 0) is 11.2 Å². The van der Waals surface area contributed by atoms with Crippen LogP contribution in [0.25, 0.3) is 0 Å². The molecule has 2 unspecified atom stereocenters. The number of hydrogen-bond acceptors (Lipinski definition) is 3. The molecule has 0 heterocycles. The van der Waals surface area contributed by atoms with Crippen molar-refractivity contribution in [3.8, 4) is 0 Å². The van der Waals surface area contributed by atoms with Crippen LogP contribution in [0.5, 0.6) is 0 Å². The van der Waals surface area contributed by atoms with E-state index in [4.69, 9.17) is 5.73 Å². The maximum Gasteiger partial charge on any atom is 0.220 e. The molecule has 1 amide bonds. The number of benzene rings is 1. The molecule has 2 atom stereocenters. The van der Waals surface area contributed by atoms with Crippen molar-refractivity contribution < 1.29 is 9.90 Å². The SMILES string of the molecule is Cc1ccccc1CCC(=O)NCC(N)C(C)O. The summed E-state index contributed by atoms with van der Waals surface area (Å²) in [5, 5.41) is 11.9. The molecular formula is C14H22N2O2. The lowest BCUT2D eigenvalue weighted by atomic mass is 10.0. The first-order chi connectivity index (χ1) is 8.50. The molecule has 0 bridgehead atoms. The second kappa shape index (κ2) is 7.13. The number of carbonyl (C=O) groups is 1. The monoisotopic (exact) mass is 250 g/mol. The molecule has 0 aromatic heterocycles. The highest BCUT2D eigenvalue weighted by Crippen LogP contribution is 2.09. The summed E-state index contributed by atoms with van der Waals surface area (Å²) >= 11 is 0. The molecule has 100 valence electrons. The van der Waals surface area contributed by atoms with Gasteiger partial charge in [-0.05, 0) is 31.4 Å². The minimum Gasteiger partial charge on any atom is -0.392 e. The number of aliphatic hydroxyl groups excluding tert-OH is 1. The Hall–Kier alpha value is -1.39. The lowest BCUT2D eigenvalue weighted by molar-refractivity contribution is -0.121. The van der Waals surface area contributed by atoms with Gasteiger partial charge >= 0.3 is 0 Å². The topological polar surface area (TPSA) is 75.4 Å². The van der Waals surface area contributed by atoms with E-state index in [1.54, 1.807) is 6.92 Å². The number of carbonyl (C=O) groups excluding carboxylic acids is 1. The Kier molecular flexibility index (Phi) is 5.82. The second-order valence-corrected chi connectivity index (χ2v) is 4.64. The number of hydrogen-bond donors (Lipinski definition) is 3. The van der Waals surface area contributed by atoms with E-state index in [0.717, 1.165) is 6.42 Å². The number of amides is 1. The van der Waals surface area contributed by atoms with Crippen molar-refractivity contribution in [1.29, 1.82) is 0 Å². The molecule has 0 aliphatic rings. The molecule has 0 aliphatic heterocycles. The molecule has 4 heteroatoms. The third kappa shape index (κ3) is 4.85. The van der Waals surface area contributed by atoms with Crippen molar-refractivity contribution in [2.45, 2.75) is 38.8 Å². The summed E-state index contributed by atoms with van der Waals surface area (Å²) in [6.07, 6.45) is 0.557. The molecule has 0 fully saturated rings. The third-order valence-corrected chi connectivity index (χ3v) is 3.04. The zero-order valence-corrected chi connectivity index (χ0v) is 11.0. The average molecular weight is 250 g/mol. The molecule has 4 N–H and O–H groups in total. The van der Waals surface area contributed by atoms with E-state index in [-0.39, 0.29) is 5.91 Å². The molecule has 0 saturated carbocycles. The average Bonchev–Trinajstić information content (AvgIpc) is 2.34. The van der Waals surface area contributed by atoms with Crippen LogP contribution in [-0.4, -0.2) is 29.7 Å². The molecule has 0 spiro atoms. The molecule has 0 aliphatic carbocycles. The minimum absolute atomic E-state index is 0.0330. The molecule has 1 aromatic carbocycles. The highest BCUT2D eigenvalue weighted by Gasteiger charge is 2.10. The fourth-order valence-corrected chi connectivity index (χ4v) is 1.63. The van der Waals surface area contributed by atoms with Crippen LogP contribution in [0.3, 0.4) is 0 Å². The number of aryl methyl sites for hydroxylation is 2. The van der Waals surface area contributed by atoms with Crippen molar-refractivity contribution in [2.24, 2.45) is 5.73 Å². The highest BCUT2D eigenvalue weighted by molar-refractivity contribution is 5.76. The number of nitrogens with one attached hydrogen (secondary N) is 1. The summed E-state index contributed by atoms with van der Waals surface area (Å²) in [5.41, 5.74) is 8.02. The van der Waals surface area contributed by atoms with E-state index in [9.17, 15) is 9.90 Å². The Labute approximate surface area is 108 Å². The molecular weight excluding hydrogens is 228 g/mol. The predicted molar refractivity (Wildman–Crippen MR) is 72.2 cm³/mol. The van der Waals surface area contributed by atoms with E-state index < -0.39 is 12.1 Å². The minimum atomic E-state index is -0.610. The Bertz CT molecular complexity index is 391. The first kappa shape index (κ1) is 14.7. The van der Waals surface area contributed by atoms with Crippen LogP contribution in [0.4, 0.5) is 0 Å². The van der Waals surface area contributed by atoms with Gasteiger partial charge in [-0.25, -0.2) is 0 Å². The maximum atomic E-state index is 11.6. The largest absolute Gasteiger partial charge is 0.392 e. The van der Waals surface area contributed by atoms with Gasteiger partial charge in [0.2, 0.25) is 5.91 Å². The van der Waals surface area contributed by atoms with E-state index in [1.807, 2.05) is 31.2 Å². The summed E-state index contributed by atoms with van der Waals surface area (Å²) < 4.78 is 0. The molecule has 1 rings (SSSR count). The van der Waals surface area contributed by atoms with Gasteiger partial charge in [0.15, 0.2) is 0 Å². The number of rotatable bonds is 6. The summed E-state index contributed by atoms with van der Waals surface area (Å²) in [6, 6.07) is 7.62. The Morgan fingerprint density at radius 2 is 2.11 bits per heavy atom. The zero-order valence-electron chi connectivity index (χ0n) is 11.0. The van der Waals surface area contributed by atoms with Crippen molar-refractivity contribution in [3.05, 3.63) is 35.4 Å². The van der Waals surface area contributed by atoms with Crippen LogP contribution >= 0.6 is 0 Å². The summed E-state index contributed by atoms with van der Waals surface area (Å²) in [7, 11) is 0. The lowest BCUT2D eigenvalue weighted by Crippen LogP contribution is -2.43. The van der Waals surface area contributed by atoms with Crippen LogP contribution in [0, 0.1) is 6.92 Å². The van der Waals surface area contributed by atoms with Gasteiger partial charge in [0.25, 0.3) is 0 Å². The van der Waals surface area contributed by atoms with Gasteiger partial charge in [0.1, 0.15) is 0 Å². The quantitative estimate of drug-likeness (QED) is 0.697. The van der Waals surface area contributed by atoms with Crippen molar-refractivity contribution in [1.82, 2.24) is 5.32 Å². The van der Waals surface area contributed by atoms with E-state index in [2.05, 4.69) is 5.32 Å². The van der Waals surface area contributed by atoms with Crippen LogP contribution in [0.15, 0.2) is 24.3 Å². The standard InChI is InChI=1S/C14H22N2O2/c1-10-5-3-4-6-12(10)7-8-14(18)16-9-13(15)11(2)17/h3-6,11,13,17H,7-9,15H2,1-2H3,(H,16,18). The summed E-state index contributed by atoms with van der Waals surface area (Å²) in [5.74, 6) is -0.0330. The Morgan fingerprint density at radius 1 is 1.44 bits per heavy atom. The van der Waals surface area contributed by atoms with Gasteiger partial charge in [-0.1, -0.05) is 24.3 Å². The van der Waals surface area contributed by atoms with Crippen molar-refractivity contribution in [2.75, 3.05) is 6.54 Å². The van der Waals surface area contributed by atoms with E-state index in [0.29, 0.717) is 13.0 Å². The van der Waals surface area contributed by atoms with Crippen LogP contribution in [0.2, 0.25) is 0 Å². The van der Waals surface area contributed by atoms with Gasteiger partial charge in [-0.3, -0.25) is 4.79 Å². The van der Waals surface area contributed by atoms with Gasteiger partial charge in [-0.15, -0.1) is 0 Å². The number of aliphatic hydroxyl groups is 1. The Balaban J connectivity index is 2.32. The van der Waals surface area contributed by atoms with E-state index in [1.165, 1.54) is 11.1 Å². The van der Waals surface area contributed by atoms with Crippen molar-refractivity contribution in [3.63, 3.8) is 0 Å². The number of nitrogens with two attached hydrogens (primary N) is 1. The van der Waals surface area contributed by atoms with Crippen molar-refractivity contribution >= 4 is 5.91 Å². The predicted octanol–water partition coefficient (Wildman–Crippen LogP) is 0.752. The Morgan fingerprint density at radius 3 is 2.72 bits per heavy atom. The summed E-state index contributed by atoms with van der Waals surface area (Å²) in [4.78, 5) is 11.6. The fraction of sp³-hybridized carbons (Fsp3) is 0.500. The molecule has 18 heavy (non-hydrogen) atoms. The smallest absolute Gasteiger partial charge is 0.220 e. The third-order valence-electron chi connectivity index (χ3n) is 3.04. The van der Waals surface area contributed by atoms with Crippen LogP contribution < -0.4 is 11.1 Å². The van der Waals surface area contributed by atoms with E-state index >= 15 is 0 Å². The molecule has 0 radical (unpaired) electrons. The molecule has 0 saturated heterocycles. The lowest BCUT2D eigenvalue weighted by Gasteiger charge is -2.15. The van der Waals surface area contributed by atoms with Crippen LogP contribution in [0.1, 0.15) is 24.5 Å². The molecule has 1 aromatic rings. The second-order valence-electron chi connectivity index (χ2n) is 4.64. The van der Waals surface area contributed by atoms with Gasteiger partial charge < -0.3 is 16.2 Å².